The number of hydrogen-bond donors (Lipinski definition) is 2. The monoisotopic (exact) mass is 248 g/mol. The SMILES string of the molecule is CCCNc1nccc(NC2CCCC2(C)C)n1. The zero-order valence-electron chi connectivity index (χ0n) is 11.7. The highest BCUT2D eigenvalue weighted by Gasteiger charge is 2.34. The van der Waals surface area contributed by atoms with Crippen LogP contribution in [0.5, 0.6) is 0 Å². The lowest BCUT2D eigenvalue weighted by Gasteiger charge is -2.28. The Labute approximate surface area is 110 Å². The highest BCUT2D eigenvalue weighted by Crippen LogP contribution is 2.38. The molecule has 1 aliphatic carbocycles. The van der Waals surface area contributed by atoms with Crippen LogP contribution < -0.4 is 10.6 Å². The van der Waals surface area contributed by atoms with Crippen LogP contribution in [-0.2, 0) is 0 Å². The van der Waals surface area contributed by atoms with E-state index in [0.717, 1.165) is 24.7 Å². The fourth-order valence-electron chi connectivity index (χ4n) is 2.53. The summed E-state index contributed by atoms with van der Waals surface area (Å²) >= 11 is 0. The van der Waals surface area contributed by atoms with Gasteiger partial charge in [-0.2, -0.15) is 4.98 Å². The van der Waals surface area contributed by atoms with Gasteiger partial charge in [0.05, 0.1) is 0 Å². The quantitative estimate of drug-likeness (QED) is 0.839. The van der Waals surface area contributed by atoms with Gasteiger partial charge >= 0.3 is 0 Å². The highest BCUT2D eigenvalue weighted by molar-refractivity contribution is 5.41. The Morgan fingerprint density at radius 2 is 2.28 bits per heavy atom. The number of nitrogens with one attached hydrogen (secondary N) is 2. The van der Waals surface area contributed by atoms with E-state index >= 15 is 0 Å². The first kappa shape index (κ1) is 13.1. The maximum absolute atomic E-state index is 4.51. The van der Waals surface area contributed by atoms with Gasteiger partial charge in [-0.25, -0.2) is 4.98 Å². The lowest BCUT2D eigenvalue weighted by Crippen LogP contribution is -2.31. The van der Waals surface area contributed by atoms with E-state index in [9.17, 15) is 0 Å². The van der Waals surface area contributed by atoms with Crippen molar-refractivity contribution in [1.29, 1.82) is 0 Å². The van der Waals surface area contributed by atoms with E-state index in [-0.39, 0.29) is 0 Å². The van der Waals surface area contributed by atoms with Crippen LogP contribution in [0.2, 0.25) is 0 Å². The maximum atomic E-state index is 4.51. The van der Waals surface area contributed by atoms with Crippen molar-refractivity contribution in [1.82, 2.24) is 9.97 Å². The number of anilines is 2. The van der Waals surface area contributed by atoms with Gasteiger partial charge in [0.1, 0.15) is 5.82 Å². The van der Waals surface area contributed by atoms with Crippen molar-refractivity contribution >= 4 is 11.8 Å². The summed E-state index contributed by atoms with van der Waals surface area (Å²) in [6.45, 7) is 7.71. The first-order valence-electron chi connectivity index (χ1n) is 6.95. The van der Waals surface area contributed by atoms with Crippen molar-refractivity contribution < 1.29 is 0 Å². The summed E-state index contributed by atoms with van der Waals surface area (Å²) in [6.07, 6.45) is 6.72. The van der Waals surface area contributed by atoms with Gasteiger partial charge in [0, 0.05) is 18.8 Å². The average molecular weight is 248 g/mol. The van der Waals surface area contributed by atoms with Crippen molar-refractivity contribution in [2.45, 2.75) is 52.5 Å². The van der Waals surface area contributed by atoms with Gasteiger partial charge < -0.3 is 10.6 Å². The third-order valence-electron chi connectivity index (χ3n) is 3.77. The smallest absolute Gasteiger partial charge is 0.224 e. The molecule has 18 heavy (non-hydrogen) atoms. The van der Waals surface area contributed by atoms with Crippen molar-refractivity contribution in [3.63, 3.8) is 0 Å². The second kappa shape index (κ2) is 5.55. The lowest BCUT2D eigenvalue weighted by atomic mass is 9.87. The molecule has 1 atom stereocenters. The molecule has 2 rings (SSSR count). The molecule has 0 aromatic carbocycles. The van der Waals surface area contributed by atoms with Gasteiger partial charge in [-0.15, -0.1) is 0 Å². The molecule has 0 spiro atoms. The van der Waals surface area contributed by atoms with Crippen LogP contribution in [0.25, 0.3) is 0 Å². The highest BCUT2D eigenvalue weighted by atomic mass is 15.1. The first-order valence-corrected chi connectivity index (χ1v) is 6.95. The summed E-state index contributed by atoms with van der Waals surface area (Å²) in [5.41, 5.74) is 0.363. The van der Waals surface area contributed by atoms with Gasteiger partial charge in [-0.05, 0) is 30.7 Å². The largest absolute Gasteiger partial charge is 0.367 e. The van der Waals surface area contributed by atoms with Gasteiger partial charge in [-0.3, -0.25) is 0 Å². The Bertz CT molecular complexity index is 389. The van der Waals surface area contributed by atoms with E-state index in [1.54, 1.807) is 0 Å². The molecule has 1 heterocycles. The summed E-state index contributed by atoms with van der Waals surface area (Å²) in [4.78, 5) is 8.73. The Morgan fingerprint density at radius 3 is 2.94 bits per heavy atom. The zero-order chi connectivity index (χ0) is 13.0. The predicted octanol–water partition coefficient (Wildman–Crippen LogP) is 3.29. The van der Waals surface area contributed by atoms with Gasteiger partial charge in [0.2, 0.25) is 5.95 Å². The fourth-order valence-corrected chi connectivity index (χ4v) is 2.53. The van der Waals surface area contributed by atoms with Crippen LogP contribution in [0.15, 0.2) is 12.3 Å². The molecule has 100 valence electrons. The topological polar surface area (TPSA) is 49.8 Å². The molecule has 1 fully saturated rings. The molecule has 1 aromatic heterocycles. The Balaban J connectivity index is 2.00. The molecular weight excluding hydrogens is 224 g/mol. The Kier molecular flexibility index (Phi) is 4.04. The summed E-state index contributed by atoms with van der Waals surface area (Å²) in [7, 11) is 0. The minimum absolute atomic E-state index is 0.363. The molecule has 0 amide bonds. The number of hydrogen-bond acceptors (Lipinski definition) is 4. The molecule has 1 unspecified atom stereocenters. The Morgan fingerprint density at radius 1 is 1.44 bits per heavy atom. The zero-order valence-corrected chi connectivity index (χ0v) is 11.7. The summed E-state index contributed by atoms with van der Waals surface area (Å²) < 4.78 is 0. The van der Waals surface area contributed by atoms with Crippen LogP contribution in [0, 0.1) is 5.41 Å². The first-order chi connectivity index (χ1) is 8.62. The van der Waals surface area contributed by atoms with Crippen molar-refractivity contribution in [2.24, 2.45) is 5.41 Å². The van der Waals surface area contributed by atoms with Crippen molar-refractivity contribution in [3.05, 3.63) is 12.3 Å². The molecule has 1 aromatic rings. The number of rotatable bonds is 5. The van der Waals surface area contributed by atoms with Crippen molar-refractivity contribution in [2.75, 3.05) is 17.2 Å². The molecular formula is C14H24N4. The molecule has 0 bridgehead atoms. The number of nitrogens with zero attached hydrogens (tertiary/aromatic N) is 2. The molecule has 0 aliphatic heterocycles. The second-order valence-electron chi connectivity index (χ2n) is 5.77. The third-order valence-corrected chi connectivity index (χ3v) is 3.77. The Hall–Kier alpha value is -1.32. The maximum Gasteiger partial charge on any atom is 0.224 e. The molecule has 0 radical (unpaired) electrons. The van der Waals surface area contributed by atoms with Crippen molar-refractivity contribution in [3.8, 4) is 0 Å². The van der Waals surface area contributed by atoms with E-state index in [0.29, 0.717) is 11.5 Å². The van der Waals surface area contributed by atoms with E-state index in [4.69, 9.17) is 0 Å². The minimum Gasteiger partial charge on any atom is -0.367 e. The third kappa shape index (κ3) is 3.12. The van der Waals surface area contributed by atoms with E-state index in [2.05, 4.69) is 41.4 Å². The van der Waals surface area contributed by atoms with Gasteiger partial charge in [-0.1, -0.05) is 27.2 Å². The molecule has 2 N–H and O–H groups in total. The average Bonchev–Trinajstić information content (AvgIpc) is 2.67. The molecule has 1 saturated carbocycles. The van der Waals surface area contributed by atoms with Crippen LogP contribution >= 0.6 is 0 Å². The lowest BCUT2D eigenvalue weighted by molar-refractivity contribution is 0.349. The summed E-state index contributed by atoms with van der Waals surface area (Å²) in [5.74, 6) is 1.65. The van der Waals surface area contributed by atoms with Crippen LogP contribution in [0.3, 0.4) is 0 Å². The number of aromatic nitrogens is 2. The van der Waals surface area contributed by atoms with Gasteiger partial charge in [0.25, 0.3) is 0 Å². The standard InChI is InChI=1S/C14H24N4/c1-4-9-15-13-16-10-7-12(18-13)17-11-6-5-8-14(11,2)3/h7,10-11H,4-6,8-9H2,1-3H3,(H2,15,16,17,18). The predicted molar refractivity (Wildman–Crippen MR) is 75.9 cm³/mol. The van der Waals surface area contributed by atoms with E-state index in [1.807, 2.05) is 12.3 Å². The molecule has 4 nitrogen and oxygen atoms in total. The second-order valence-corrected chi connectivity index (χ2v) is 5.77. The van der Waals surface area contributed by atoms with E-state index in [1.165, 1.54) is 19.3 Å². The fraction of sp³-hybridized carbons (Fsp3) is 0.714. The van der Waals surface area contributed by atoms with Crippen LogP contribution in [0.1, 0.15) is 46.5 Å². The molecule has 0 saturated heterocycles. The summed E-state index contributed by atoms with van der Waals surface area (Å²) in [6, 6.07) is 2.47. The molecule has 1 aliphatic rings. The molecule has 4 heteroatoms. The normalized spacial score (nSPS) is 21.8. The van der Waals surface area contributed by atoms with Crippen LogP contribution in [0.4, 0.5) is 11.8 Å². The van der Waals surface area contributed by atoms with Gasteiger partial charge in [0.15, 0.2) is 0 Å². The van der Waals surface area contributed by atoms with E-state index < -0.39 is 0 Å². The van der Waals surface area contributed by atoms with Crippen LogP contribution in [-0.4, -0.2) is 22.6 Å². The minimum atomic E-state index is 0.363. The summed E-state index contributed by atoms with van der Waals surface area (Å²) in [5, 5.41) is 6.77.